The van der Waals surface area contributed by atoms with Gasteiger partial charge in [-0.2, -0.15) is 0 Å². The molecule has 12 heteroatoms. The average molecular weight is 747 g/mol. The molecule has 0 aliphatic carbocycles. The highest BCUT2D eigenvalue weighted by Gasteiger charge is 2.18. The maximum absolute atomic E-state index is 6.35. The van der Waals surface area contributed by atoms with Crippen molar-refractivity contribution in [2.45, 2.75) is 80.8 Å². The Morgan fingerprint density at radius 3 is 1.46 bits per heavy atom. The van der Waals surface area contributed by atoms with Crippen LogP contribution in [0.4, 0.5) is 0 Å². The zero-order chi connectivity index (χ0) is 35.0. The molecule has 4 aromatic heterocycles. The van der Waals surface area contributed by atoms with Gasteiger partial charge < -0.3 is 18.9 Å². The molecule has 0 bridgehead atoms. The van der Waals surface area contributed by atoms with Crippen LogP contribution in [0.15, 0.2) is 57.9 Å². The summed E-state index contributed by atoms with van der Waals surface area (Å²) in [5, 5.41) is 12.1. The molecule has 4 heterocycles. The van der Waals surface area contributed by atoms with Gasteiger partial charge in [-0.25, -0.2) is 19.9 Å². The smallest absolute Gasteiger partial charge is 0.224 e. The quantitative estimate of drug-likeness (QED) is 0.0912. The van der Waals surface area contributed by atoms with Gasteiger partial charge in [0.15, 0.2) is 11.5 Å². The van der Waals surface area contributed by atoms with Gasteiger partial charge >= 0.3 is 0 Å². The number of benzene rings is 2. The number of thiazole rings is 4. The molecule has 8 nitrogen and oxygen atoms in total. The van der Waals surface area contributed by atoms with E-state index in [4.69, 9.17) is 18.9 Å². The molecule has 6 aromatic rings. The van der Waals surface area contributed by atoms with Gasteiger partial charge in [0.1, 0.15) is 32.2 Å². The summed E-state index contributed by atoms with van der Waals surface area (Å²) in [6.07, 6.45) is 1.82. The summed E-state index contributed by atoms with van der Waals surface area (Å²) in [4.78, 5) is 18.1. The predicted molar refractivity (Wildman–Crippen MR) is 203 cm³/mol. The first kappa shape index (κ1) is 36.0. The molecule has 0 radical (unpaired) electrons. The molecule has 0 aliphatic heterocycles. The van der Waals surface area contributed by atoms with E-state index in [0.717, 1.165) is 67.0 Å². The van der Waals surface area contributed by atoms with Crippen LogP contribution >= 0.6 is 45.3 Å². The molecule has 2 aromatic carbocycles. The third-order valence-electron chi connectivity index (χ3n) is 8.33. The molecule has 262 valence electrons. The first-order valence-electron chi connectivity index (χ1n) is 16.6. The van der Waals surface area contributed by atoms with Crippen molar-refractivity contribution in [3.05, 3.63) is 112 Å². The highest BCUT2D eigenvalue weighted by molar-refractivity contribution is 7.10. The molecular formula is C38H42N4O4S4. The van der Waals surface area contributed by atoms with E-state index in [1.165, 1.54) is 11.1 Å². The maximum Gasteiger partial charge on any atom is 0.224 e. The second-order valence-electron chi connectivity index (χ2n) is 12.5. The van der Waals surface area contributed by atoms with E-state index in [0.29, 0.717) is 49.9 Å². The van der Waals surface area contributed by atoms with Crippen molar-refractivity contribution < 1.29 is 18.9 Å². The summed E-state index contributed by atoms with van der Waals surface area (Å²) in [5.41, 5.74) is 6.19. The Morgan fingerprint density at radius 2 is 0.960 bits per heavy atom. The van der Waals surface area contributed by atoms with Crippen LogP contribution in [-0.4, -0.2) is 19.9 Å². The van der Waals surface area contributed by atoms with Crippen molar-refractivity contribution in [3.8, 4) is 23.1 Å². The van der Waals surface area contributed by atoms with E-state index in [1.807, 2.05) is 55.3 Å². The fourth-order valence-corrected chi connectivity index (χ4v) is 7.80. The first-order chi connectivity index (χ1) is 24.2. The average Bonchev–Trinajstić information content (AvgIpc) is 3.91. The lowest BCUT2D eigenvalue weighted by Gasteiger charge is -2.22. The second-order valence-corrected chi connectivity index (χ2v) is 16.8. The van der Waals surface area contributed by atoms with Crippen LogP contribution < -0.4 is 18.9 Å². The predicted octanol–water partition coefficient (Wildman–Crippen LogP) is 10.1. The van der Waals surface area contributed by atoms with Gasteiger partial charge in [-0.1, -0.05) is 32.0 Å². The maximum atomic E-state index is 6.35. The molecule has 0 amide bonds. The Morgan fingerprint density at radius 1 is 0.500 bits per heavy atom. The van der Waals surface area contributed by atoms with Crippen LogP contribution in [0, 0.1) is 39.5 Å². The second kappa shape index (κ2) is 16.9. The minimum atomic E-state index is 0.385. The molecule has 50 heavy (non-hydrogen) atoms. The number of aromatic nitrogens is 4. The van der Waals surface area contributed by atoms with Crippen LogP contribution in [0.2, 0.25) is 0 Å². The van der Waals surface area contributed by atoms with Gasteiger partial charge in [0.25, 0.3) is 0 Å². The van der Waals surface area contributed by atoms with E-state index < -0.39 is 0 Å². The zero-order valence-electron chi connectivity index (χ0n) is 29.2. The standard InChI is InChI=1S/C38H42N4O4S4/c1-23(11-29-7-9-31(15-46-38-22-50-28(6)42-38)36(13-29)44-17-33-20-48-26(4)40-33)24(2)12-30-8-10-35(43-16-32-19-47-25(3)39-32)37(14-30)45-18-34-21-49-27(5)41-34/h7-10,13-14,19-24H,11-12,15-18H2,1-6H3/t23-,24+/m1/s1. The molecule has 0 fully saturated rings. The largest absolute Gasteiger partial charge is 0.487 e. The van der Waals surface area contributed by atoms with E-state index in [9.17, 15) is 0 Å². The van der Waals surface area contributed by atoms with Crippen LogP contribution in [0.3, 0.4) is 0 Å². The third kappa shape index (κ3) is 10.1. The highest BCUT2D eigenvalue weighted by atomic mass is 32.1. The lowest BCUT2D eigenvalue weighted by atomic mass is 9.85. The highest BCUT2D eigenvalue weighted by Crippen LogP contribution is 2.33. The van der Waals surface area contributed by atoms with Crippen LogP contribution in [-0.2, 0) is 39.3 Å². The van der Waals surface area contributed by atoms with Crippen LogP contribution in [0.5, 0.6) is 23.1 Å². The van der Waals surface area contributed by atoms with Gasteiger partial charge in [0.2, 0.25) is 5.88 Å². The van der Waals surface area contributed by atoms with Gasteiger partial charge in [-0.15, -0.1) is 45.3 Å². The van der Waals surface area contributed by atoms with Crippen molar-refractivity contribution in [2.24, 2.45) is 11.8 Å². The summed E-state index contributed by atoms with van der Waals surface area (Å²) < 4.78 is 24.9. The normalized spacial score (nSPS) is 12.5. The van der Waals surface area contributed by atoms with Crippen molar-refractivity contribution in [3.63, 3.8) is 0 Å². The number of nitrogens with zero attached hydrogens (tertiary/aromatic N) is 4. The SMILES string of the molecule is Cc1nc(COc2cc(C[C@@H](C)[C@@H](C)Cc3ccc(OCc4csc(C)n4)c(OCc4csc(C)n4)c3)ccc2COc2csc(C)n2)cs1. The van der Waals surface area contributed by atoms with Gasteiger partial charge in [-0.05, 0) is 81.7 Å². The van der Waals surface area contributed by atoms with E-state index in [2.05, 4.69) is 64.1 Å². The van der Waals surface area contributed by atoms with E-state index in [-0.39, 0.29) is 0 Å². The summed E-state index contributed by atoms with van der Waals surface area (Å²) >= 11 is 6.46. The molecule has 0 N–H and O–H groups in total. The molecule has 2 atom stereocenters. The molecule has 6 rings (SSSR count). The van der Waals surface area contributed by atoms with E-state index >= 15 is 0 Å². The van der Waals surface area contributed by atoms with Gasteiger partial charge in [0, 0.05) is 21.7 Å². The number of rotatable bonds is 17. The number of ether oxygens (including phenoxy) is 4. The number of hydrogen-bond donors (Lipinski definition) is 0. The Hall–Kier alpha value is -3.84. The summed E-state index contributed by atoms with van der Waals surface area (Å²) in [6, 6.07) is 12.8. The van der Waals surface area contributed by atoms with Crippen molar-refractivity contribution in [2.75, 3.05) is 0 Å². The minimum Gasteiger partial charge on any atom is -0.487 e. The monoisotopic (exact) mass is 746 g/mol. The fourth-order valence-electron chi connectivity index (χ4n) is 5.48. The summed E-state index contributed by atoms with van der Waals surface area (Å²) in [6.45, 7) is 14.2. The molecule has 0 saturated carbocycles. The van der Waals surface area contributed by atoms with Crippen molar-refractivity contribution >= 4 is 45.3 Å². The molecule has 0 saturated heterocycles. The zero-order valence-corrected chi connectivity index (χ0v) is 32.5. The summed E-state index contributed by atoms with van der Waals surface area (Å²) in [5.74, 6) is 3.72. The van der Waals surface area contributed by atoms with Crippen LogP contribution in [0.25, 0.3) is 0 Å². The van der Waals surface area contributed by atoms with Crippen molar-refractivity contribution in [1.29, 1.82) is 0 Å². The number of hydrogen-bond acceptors (Lipinski definition) is 12. The minimum absolute atomic E-state index is 0.385. The Bertz CT molecular complexity index is 1860. The van der Waals surface area contributed by atoms with E-state index in [1.54, 1.807) is 45.3 Å². The third-order valence-corrected chi connectivity index (χ3v) is 11.5. The molecular weight excluding hydrogens is 705 g/mol. The number of aryl methyl sites for hydroxylation is 4. The Kier molecular flexibility index (Phi) is 12.2. The summed E-state index contributed by atoms with van der Waals surface area (Å²) in [7, 11) is 0. The van der Waals surface area contributed by atoms with Gasteiger partial charge in [0.05, 0.1) is 42.5 Å². The molecule has 0 aliphatic rings. The van der Waals surface area contributed by atoms with Crippen molar-refractivity contribution in [1.82, 2.24) is 19.9 Å². The Labute approximate surface area is 310 Å². The first-order valence-corrected chi connectivity index (χ1v) is 20.1. The van der Waals surface area contributed by atoms with Gasteiger partial charge in [-0.3, -0.25) is 0 Å². The molecule has 0 unspecified atom stereocenters. The fraction of sp³-hybridized carbons (Fsp3) is 0.368. The lowest BCUT2D eigenvalue weighted by molar-refractivity contribution is 0.252. The lowest BCUT2D eigenvalue weighted by Crippen LogP contribution is -2.14. The molecule has 0 spiro atoms. The topological polar surface area (TPSA) is 88.5 Å². The van der Waals surface area contributed by atoms with Crippen LogP contribution in [0.1, 0.15) is 67.7 Å². The Balaban J connectivity index is 1.13.